The Hall–Kier alpha value is -3.62. The van der Waals surface area contributed by atoms with Gasteiger partial charge in [-0.1, -0.05) is 58.4 Å². The third-order valence-corrected chi connectivity index (χ3v) is 5.12. The van der Waals surface area contributed by atoms with Gasteiger partial charge in [0.2, 0.25) is 0 Å². The summed E-state index contributed by atoms with van der Waals surface area (Å²) in [6.07, 6.45) is 3.53. The van der Waals surface area contributed by atoms with E-state index in [2.05, 4.69) is 22.0 Å². The number of benzene rings is 3. The molecule has 1 heterocycles. The zero-order valence-corrected chi connectivity index (χ0v) is 17.4. The molecule has 4 nitrogen and oxygen atoms in total. The molecule has 0 aliphatic carbocycles. The molecule has 3 aromatic rings. The quantitative estimate of drug-likeness (QED) is 0.354. The van der Waals surface area contributed by atoms with Crippen molar-refractivity contribution in [2.45, 2.75) is 6.61 Å². The van der Waals surface area contributed by atoms with Crippen LogP contribution in [0.1, 0.15) is 22.3 Å². The lowest BCUT2D eigenvalue weighted by Crippen LogP contribution is -1.98. The van der Waals surface area contributed by atoms with E-state index in [0.29, 0.717) is 29.3 Å². The Bertz CT molecular complexity index is 1190. The first kappa shape index (κ1) is 19.7. The van der Waals surface area contributed by atoms with E-state index in [0.717, 1.165) is 21.2 Å². The molecular weight excluding hydrogens is 442 g/mol. The van der Waals surface area contributed by atoms with Crippen LogP contribution in [0.25, 0.3) is 11.8 Å². The van der Waals surface area contributed by atoms with Crippen LogP contribution in [0.2, 0.25) is 0 Å². The molecule has 0 spiro atoms. The monoisotopic (exact) mass is 457 g/mol. The van der Waals surface area contributed by atoms with E-state index >= 15 is 0 Å². The highest BCUT2D eigenvalue weighted by molar-refractivity contribution is 9.10. The first-order chi connectivity index (χ1) is 14.6. The standard InChI is InChI=1S/C25H16BrNO3/c26-22-9-7-18(8-10-22)24-14-21(25(28)30-24)13-17-5-11-23(12-6-17)29-16-20-4-2-1-3-19(20)15-27/h1-14H,16H2. The molecule has 0 unspecified atom stereocenters. The van der Waals surface area contributed by atoms with E-state index < -0.39 is 0 Å². The summed E-state index contributed by atoms with van der Waals surface area (Å²) in [7, 11) is 0. The number of rotatable bonds is 5. The fourth-order valence-electron chi connectivity index (χ4n) is 3.00. The first-order valence-corrected chi connectivity index (χ1v) is 10.0. The minimum Gasteiger partial charge on any atom is -0.489 e. The van der Waals surface area contributed by atoms with Crippen molar-refractivity contribution in [3.63, 3.8) is 0 Å². The Labute approximate surface area is 182 Å². The molecule has 146 valence electrons. The largest absolute Gasteiger partial charge is 0.489 e. The normalized spacial score (nSPS) is 14.2. The van der Waals surface area contributed by atoms with Crippen molar-refractivity contribution in [3.05, 3.63) is 111 Å². The number of nitriles is 1. The summed E-state index contributed by atoms with van der Waals surface area (Å²) in [4.78, 5) is 12.2. The maximum atomic E-state index is 12.2. The molecule has 0 radical (unpaired) electrons. The van der Waals surface area contributed by atoms with E-state index in [-0.39, 0.29) is 5.97 Å². The SMILES string of the molecule is N#Cc1ccccc1COc1ccc(C=C2C=C(c3ccc(Br)cc3)OC2=O)cc1. The second kappa shape index (κ2) is 8.81. The van der Waals surface area contributed by atoms with Gasteiger partial charge in [0, 0.05) is 15.6 Å². The molecule has 4 rings (SSSR count). The highest BCUT2D eigenvalue weighted by atomic mass is 79.9. The molecule has 0 atom stereocenters. The number of esters is 1. The molecule has 0 N–H and O–H groups in total. The van der Waals surface area contributed by atoms with Gasteiger partial charge in [-0.15, -0.1) is 0 Å². The predicted octanol–water partition coefficient (Wildman–Crippen LogP) is 5.88. The van der Waals surface area contributed by atoms with Gasteiger partial charge >= 0.3 is 5.97 Å². The fraction of sp³-hybridized carbons (Fsp3) is 0.0400. The molecule has 0 saturated carbocycles. The third kappa shape index (κ3) is 4.51. The summed E-state index contributed by atoms with van der Waals surface area (Å²) in [5, 5.41) is 9.16. The van der Waals surface area contributed by atoms with Crippen molar-refractivity contribution in [1.82, 2.24) is 0 Å². The Morgan fingerprint density at radius 2 is 1.73 bits per heavy atom. The van der Waals surface area contributed by atoms with Crippen molar-refractivity contribution in [1.29, 1.82) is 5.26 Å². The van der Waals surface area contributed by atoms with Gasteiger partial charge in [0.25, 0.3) is 0 Å². The Morgan fingerprint density at radius 1 is 1.00 bits per heavy atom. The minimum absolute atomic E-state index is 0.315. The molecule has 0 aromatic heterocycles. The molecule has 3 aromatic carbocycles. The van der Waals surface area contributed by atoms with E-state index in [1.807, 2.05) is 66.7 Å². The van der Waals surface area contributed by atoms with Gasteiger partial charge in [0.05, 0.1) is 17.2 Å². The highest BCUT2D eigenvalue weighted by Gasteiger charge is 2.21. The second-order valence-electron chi connectivity index (χ2n) is 6.63. The van der Waals surface area contributed by atoms with Crippen LogP contribution in [0.3, 0.4) is 0 Å². The van der Waals surface area contributed by atoms with Crippen LogP contribution in [-0.4, -0.2) is 5.97 Å². The van der Waals surface area contributed by atoms with E-state index in [1.54, 1.807) is 18.2 Å². The molecule has 1 aliphatic rings. The maximum Gasteiger partial charge on any atom is 0.343 e. The van der Waals surface area contributed by atoms with Gasteiger partial charge in [0.15, 0.2) is 0 Å². The number of hydrogen-bond donors (Lipinski definition) is 0. The molecule has 0 saturated heterocycles. The van der Waals surface area contributed by atoms with E-state index in [9.17, 15) is 4.79 Å². The van der Waals surface area contributed by atoms with Crippen LogP contribution < -0.4 is 4.74 Å². The van der Waals surface area contributed by atoms with Gasteiger partial charge in [-0.05, 0) is 48.0 Å². The lowest BCUT2D eigenvalue weighted by Gasteiger charge is -2.07. The highest BCUT2D eigenvalue weighted by Crippen LogP contribution is 2.28. The summed E-state index contributed by atoms with van der Waals surface area (Å²) in [5.74, 6) is 0.848. The average Bonchev–Trinajstić information content (AvgIpc) is 3.14. The van der Waals surface area contributed by atoms with Gasteiger partial charge in [-0.25, -0.2) is 4.79 Å². The number of cyclic esters (lactones) is 1. The number of hydrogen-bond acceptors (Lipinski definition) is 4. The Balaban J connectivity index is 1.46. The molecule has 0 fully saturated rings. The summed E-state index contributed by atoms with van der Waals surface area (Å²) >= 11 is 3.40. The maximum absolute atomic E-state index is 12.2. The minimum atomic E-state index is -0.374. The van der Waals surface area contributed by atoms with Crippen molar-refractivity contribution >= 4 is 33.7 Å². The van der Waals surface area contributed by atoms with Gasteiger partial charge in [-0.2, -0.15) is 5.26 Å². The zero-order chi connectivity index (χ0) is 20.9. The Kier molecular flexibility index (Phi) is 5.78. The zero-order valence-electron chi connectivity index (χ0n) is 15.8. The van der Waals surface area contributed by atoms with Crippen molar-refractivity contribution in [2.75, 3.05) is 0 Å². The molecular formula is C25H16BrNO3. The number of halogens is 1. The van der Waals surface area contributed by atoms with Crippen LogP contribution in [0.15, 0.2) is 88.9 Å². The van der Waals surface area contributed by atoms with Crippen LogP contribution in [0.4, 0.5) is 0 Å². The summed E-state index contributed by atoms with van der Waals surface area (Å²) < 4.78 is 12.1. The number of carbonyl (C=O) groups is 1. The molecule has 30 heavy (non-hydrogen) atoms. The molecule has 5 heteroatoms. The van der Waals surface area contributed by atoms with Crippen LogP contribution in [-0.2, 0) is 16.1 Å². The van der Waals surface area contributed by atoms with Crippen molar-refractivity contribution in [3.8, 4) is 11.8 Å². The topological polar surface area (TPSA) is 59.3 Å². The van der Waals surface area contributed by atoms with Crippen LogP contribution in [0.5, 0.6) is 5.75 Å². The van der Waals surface area contributed by atoms with E-state index in [1.165, 1.54) is 0 Å². The number of nitrogens with zero attached hydrogens (tertiary/aromatic N) is 1. The van der Waals surface area contributed by atoms with Gasteiger partial charge < -0.3 is 9.47 Å². The lowest BCUT2D eigenvalue weighted by atomic mass is 10.1. The number of ether oxygens (including phenoxy) is 2. The summed E-state index contributed by atoms with van der Waals surface area (Å²) in [6, 6.07) is 24.5. The average molecular weight is 458 g/mol. The summed E-state index contributed by atoms with van der Waals surface area (Å²) in [5.41, 5.74) is 3.64. The summed E-state index contributed by atoms with van der Waals surface area (Å²) in [6.45, 7) is 0.315. The molecule has 0 amide bonds. The lowest BCUT2D eigenvalue weighted by molar-refractivity contribution is -0.130. The molecule has 0 bridgehead atoms. The second-order valence-corrected chi connectivity index (χ2v) is 7.55. The van der Waals surface area contributed by atoms with Gasteiger partial charge in [-0.3, -0.25) is 0 Å². The smallest absolute Gasteiger partial charge is 0.343 e. The van der Waals surface area contributed by atoms with Gasteiger partial charge in [0.1, 0.15) is 18.1 Å². The third-order valence-electron chi connectivity index (χ3n) is 4.59. The fourth-order valence-corrected chi connectivity index (χ4v) is 3.27. The Morgan fingerprint density at radius 3 is 2.47 bits per heavy atom. The van der Waals surface area contributed by atoms with Crippen molar-refractivity contribution < 1.29 is 14.3 Å². The predicted molar refractivity (Wildman–Crippen MR) is 118 cm³/mol. The van der Waals surface area contributed by atoms with E-state index in [4.69, 9.17) is 14.7 Å². The number of carbonyl (C=O) groups excluding carboxylic acids is 1. The van der Waals surface area contributed by atoms with Crippen LogP contribution in [0, 0.1) is 11.3 Å². The first-order valence-electron chi connectivity index (χ1n) is 9.25. The van der Waals surface area contributed by atoms with Crippen molar-refractivity contribution in [2.24, 2.45) is 0 Å². The van der Waals surface area contributed by atoms with Crippen LogP contribution >= 0.6 is 15.9 Å². The molecule has 1 aliphatic heterocycles.